The third-order valence-electron chi connectivity index (χ3n) is 6.09. The van der Waals surface area contributed by atoms with Crippen LogP contribution in [0, 0.1) is 5.92 Å². The van der Waals surface area contributed by atoms with Gasteiger partial charge in [-0.3, -0.25) is 4.79 Å². The first-order valence-corrected chi connectivity index (χ1v) is 10.6. The van der Waals surface area contributed by atoms with Crippen LogP contribution in [0.4, 0.5) is 5.82 Å². The van der Waals surface area contributed by atoms with Crippen LogP contribution in [0.2, 0.25) is 0 Å². The van der Waals surface area contributed by atoms with Crippen molar-refractivity contribution in [1.29, 1.82) is 0 Å². The van der Waals surface area contributed by atoms with Gasteiger partial charge in [-0.25, -0.2) is 19.6 Å². The lowest BCUT2D eigenvalue weighted by atomic mass is 9.87. The first-order valence-electron chi connectivity index (χ1n) is 10.6. The van der Waals surface area contributed by atoms with Gasteiger partial charge in [0.2, 0.25) is 5.91 Å². The predicted octanol–water partition coefficient (Wildman–Crippen LogP) is 2.47. The lowest BCUT2D eigenvalue weighted by Crippen LogP contribution is -2.44. The highest BCUT2D eigenvalue weighted by atomic mass is 16.2. The number of amides is 1. The molecule has 0 radical (unpaired) electrons. The normalized spacial score (nSPS) is 21.1. The van der Waals surface area contributed by atoms with E-state index in [0.29, 0.717) is 12.4 Å². The molecule has 1 fully saturated rings. The minimum absolute atomic E-state index is 0.0439. The Kier molecular flexibility index (Phi) is 5.13. The molecule has 0 bridgehead atoms. The largest absolute Gasteiger partial charge is 0.356 e. The number of hydrogen-bond donors (Lipinski definition) is 1. The third-order valence-corrected chi connectivity index (χ3v) is 6.09. The van der Waals surface area contributed by atoms with Gasteiger partial charge in [-0.05, 0) is 43.2 Å². The molecule has 154 valence electrons. The van der Waals surface area contributed by atoms with Gasteiger partial charge in [0.15, 0.2) is 5.82 Å². The average Bonchev–Trinajstić information content (AvgIpc) is 3.35. The number of nitrogens with zero attached hydrogens (tertiary/aromatic N) is 6. The summed E-state index contributed by atoms with van der Waals surface area (Å²) in [4.78, 5) is 28.0. The van der Waals surface area contributed by atoms with Crippen molar-refractivity contribution in [3.05, 3.63) is 60.4 Å². The Labute approximate surface area is 175 Å². The standard InChI is InChI=1S/C22H25N7O/c30-22(27-19-9-3-6-16-5-1-2-8-18(16)19)17-7-4-10-28(12-17)20-11-21(25-14-24-20)29-15-23-13-26-29/h1-2,5,8,11,13-15,17,19H,3-4,6-7,9-10,12H2,(H,27,30). The Morgan fingerprint density at radius 2 is 1.97 bits per heavy atom. The van der Waals surface area contributed by atoms with Crippen LogP contribution in [0.3, 0.4) is 0 Å². The maximum atomic E-state index is 13.1. The molecule has 1 aromatic carbocycles. The molecule has 1 N–H and O–H groups in total. The fourth-order valence-electron chi connectivity index (χ4n) is 4.55. The van der Waals surface area contributed by atoms with E-state index >= 15 is 0 Å². The number of anilines is 1. The van der Waals surface area contributed by atoms with E-state index in [9.17, 15) is 4.79 Å². The zero-order valence-electron chi connectivity index (χ0n) is 16.8. The Morgan fingerprint density at radius 3 is 2.87 bits per heavy atom. The van der Waals surface area contributed by atoms with Crippen molar-refractivity contribution in [2.24, 2.45) is 5.92 Å². The van der Waals surface area contributed by atoms with Crippen LogP contribution in [-0.2, 0) is 11.2 Å². The van der Waals surface area contributed by atoms with E-state index < -0.39 is 0 Å². The number of fused-ring (bicyclic) bond motifs is 1. The zero-order valence-corrected chi connectivity index (χ0v) is 16.8. The number of benzene rings is 1. The quantitative estimate of drug-likeness (QED) is 0.720. The topological polar surface area (TPSA) is 88.8 Å². The van der Waals surface area contributed by atoms with E-state index in [1.807, 2.05) is 6.07 Å². The average molecular weight is 403 g/mol. The summed E-state index contributed by atoms with van der Waals surface area (Å²) in [5, 5.41) is 7.46. The van der Waals surface area contributed by atoms with Gasteiger partial charge in [-0.2, -0.15) is 5.10 Å². The summed E-state index contributed by atoms with van der Waals surface area (Å²) in [5.74, 6) is 1.59. The van der Waals surface area contributed by atoms with E-state index in [1.54, 1.807) is 11.0 Å². The molecule has 8 nitrogen and oxygen atoms in total. The van der Waals surface area contributed by atoms with Crippen molar-refractivity contribution in [3.8, 4) is 5.82 Å². The molecule has 1 aliphatic carbocycles. The number of rotatable bonds is 4. The highest BCUT2D eigenvalue weighted by molar-refractivity contribution is 5.80. The molecule has 0 spiro atoms. The molecule has 1 aliphatic heterocycles. The zero-order chi connectivity index (χ0) is 20.3. The summed E-state index contributed by atoms with van der Waals surface area (Å²) in [6, 6.07) is 10.5. The van der Waals surface area contributed by atoms with Gasteiger partial charge in [0, 0.05) is 19.2 Å². The number of hydrogen-bond acceptors (Lipinski definition) is 6. The lowest BCUT2D eigenvalue weighted by Gasteiger charge is -2.34. The van der Waals surface area contributed by atoms with Crippen LogP contribution in [0.15, 0.2) is 49.3 Å². The molecule has 3 heterocycles. The minimum atomic E-state index is -0.0439. The first-order chi connectivity index (χ1) is 14.8. The highest BCUT2D eigenvalue weighted by Crippen LogP contribution is 2.30. The van der Waals surface area contributed by atoms with E-state index in [1.165, 1.54) is 23.8 Å². The van der Waals surface area contributed by atoms with Gasteiger partial charge in [-0.1, -0.05) is 24.3 Å². The molecule has 8 heteroatoms. The Hall–Kier alpha value is -3.29. The molecule has 30 heavy (non-hydrogen) atoms. The fraction of sp³-hybridized carbons (Fsp3) is 0.409. The fourth-order valence-corrected chi connectivity index (χ4v) is 4.55. The molecule has 1 amide bonds. The van der Waals surface area contributed by atoms with Crippen molar-refractivity contribution in [2.75, 3.05) is 18.0 Å². The minimum Gasteiger partial charge on any atom is -0.356 e. The van der Waals surface area contributed by atoms with E-state index in [2.05, 4.69) is 54.5 Å². The van der Waals surface area contributed by atoms with Crippen LogP contribution >= 0.6 is 0 Å². The monoisotopic (exact) mass is 403 g/mol. The van der Waals surface area contributed by atoms with Crippen LogP contribution in [-0.4, -0.2) is 43.7 Å². The van der Waals surface area contributed by atoms with E-state index in [-0.39, 0.29) is 17.9 Å². The van der Waals surface area contributed by atoms with Gasteiger partial charge in [0.25, 0.3) is 0 Å². The van der Waals surface area contributed by atoms with Crippen molar-refractivity contribution in [2.45, 2.75) is 38.1 Å². The van der Waals surface area contributed by atoms with E-state index in [0.717, 1.165) is 44.5 Å². The third kappa shape index (κ3) is 3.77. The van der Waals surface area contributed by atoms with Gasteiger partial charge in [-0.15, -0.1) is 0 Å². The predicted molar refractivity (Wildman–Crippen MR) is 112 cm³/mol. The van der Waals surface area contributed by atoms with Crippen LogP contribution in [0.5, 0.6) is 0 Å². The first kappa shape index (κ1) is 18.7. The van der Waals surface area contributed by atoms with Gasteiger partial charge < -0.3 is 10.2 Å². The van der Waals surface area contributed by atoms with Gasteiger partial charge in [0.05, 0.1) is 12.0 Å². The van der Waals surface area contributed by atoms with E-state index in [4.69, 9.17) is 0 Å². The SMILES string of the molecule is O=C(NC1CCCc2ccccc21)C1CCCN(c2cc(-n3cncn3)ncn2)C1. The molecule has 0 saturated carbocycles. The second-order valence-electron chi connectivity index (χ2n) is 8.01. The van der Waals surface area contributed by atoms with Gasteiger partial charge in [0.1, 0.15) is 24.8 Å². The molecule has 2 unspecified atom stereocenters. The number of aromatic nitrogens is 5. The van der Waals surface area contributed by atoms with Crippen molar-refractivity contribution in [3.63, 3.8) is 0 Å². The number of nitrogens with one attached hydrogen (secondary N) is 1. The second-order valence-corrected chi connectivity index (χ2v) is 8.01. The van der Waals surface area contributed by atoms with Gasteiger partial charge >= 0.3 is 0 Å². The summed E-state index contributed by atoms with van der Waals surface area (Å²) in [7, 11) is 0. The second kappa shape index (κ2) is 8.22. The maximum absolute atomic E-state index is 13.1. The smallest absolute Gasteiger partial charge is 0.225 e. The number of carbonyl (C=O) groups excluding carboxylic acids is 1. The molecule has 5 rings (SSSR count). The summed E-state index contributed by atoms with van der Waals surface area (Å²) >= 11 is 0. The van der Waals surface area contributed by atoms with Crippen molar-refractivity contribution < 1.29 is 4.79 Å². The molecule has 3 aromatic rings. The molecule has 1 saturated heterocycles. The summed E-state index contributed by atoms with van der Waals surface area (Å²) in [6.45, 7) is 1.54. The van der Waals surface area contributed by atoms with Crippen LogP contribution < -0.4 is 10.2 Å². The molecule has 2 aliphatic rings. The van der Waals surface area contributed by atoms with Crippen LogP contribution in [0.1, 0.15) is 42.9 Å². The van der Waals surface area contributed by atoms with Crippen LogP contribution in [0.25, 0.3) is 5.82 Å². The number of piperidine rings is 1. The summed E-state index contributed by atoms with van der Waals surface area (Å²) < 4.78 is 1.61. The maximum Gasteiger partial charge on any atom is 0.225 e. The molecular formula is C22H25N7O. The highest BCUT2D eigenvalue weighted by Gasteiger charge is 2.29. The molecular weight excluding hydrogens is 378 g/mol. The Bertz CT molecular complexity index is 1020. The number of aryl methyl sites for hydroxylation is 1. The van der Waals surface area contributed by atoms with Crippen molar-refractivity contribution in [1.82, 2.24) is 30.0 Å². The van der Waals surface area contributed by atoms with Crippen molar-refractivity contribution >= 4 is 11.7 Å². The Morgan fingerprint density at radius 1 is 1.07 bits per heavy atom. The number of carbonyl (C=O) groups is 1. The molecule has 2 atom stereocenters. The summed E-state index contributed by atoms with van der Waals surface area (Å²) in [5.41, 5.74) is 2.64. The summed E-state index contributed by atoms with van der Waals surface area (Å²) in [6.07, 6.45) is 9.71. The Balaban J connectivity index is 1.28. The molecule has 2 aromatic heterocycles. The lowest BCUT2D eigenvalue weighted by molar-refractivity contribution is -0.126.